The van der Waals surface area contributed by atoms with Crippen LogP contribution < -0.4 is 10.1 Å². The van der Waals surface area contributed by atoms with E-state index in [4.69, 9.17) is 14.2 Å². The molecule has 27 heavy (non-hydrogen) atoms. The molecule has 0 radical (unpaired) electrons. The van der Waals surface area contributed by atoms with Crippen LogP contribution in [0.2, 0.25) is 0 Å². The molecule has 1 rings (SSSR count). The fraction of sp³-hybridized carbons (Fsp3) is 0.619. The molecule has 0 spiro atoms. The summed E-state index contributed by atoms with van der Waals surface area (Å²) in [7, 11) is 0. The quantitative estimate of drug-likeness (QED) is 0.576. The smallest absolute Gasteiger partial charge is 0.341 e. The molecular formula is C21H33NO5. The monoisotopic (exact) mass is 379 g/mol. The van der Waals surface area contributed by atoms with E-state index in [0.717, 1.165) is 6.42 Å². The molecular weight excluding hydrogens is 346 g/mol. The number of rotatable bonds is 11. The SMILES string of the molecule is CCCO[C@@](C)(CC(C)C)C(=O)Nc1ccc(OCC)c(C(=O)OCC)c1. The second kappa shape index (κ2) is 10.9. The molecule has 0 fully saturated rings. The number of amides is 1. The second-order valence-electron chi connectivity index (χ2n) is 7.00. The van der Waals surface area contributed by atoms with E-state index in [0.29, 0.717) is 37.0 Å². The molecule has 0 aromatic heterocycles. The Hall–Kier alpha value is -2.08. The zero-order valence-electron chi connectivity index (χ0n) is 17.4. The number of carbonyl (C=O) groups excluding carboxylic acids is 2. The Morgan fingerprint density at radius 1 is 1.15 bits per heavy atom. The number of benzene rings is 1. The van der Waals surface area contributed by atoms with Crippen LogP contribution in [0.5, 0.6) is 5.75 Å². The summed E-state index contributed by atoms with van der Waals surface area (Å²) in [5, 5.41) is 2.88. The first kappa shape index (κ1) is 23.0. The van der Waals surface area contributed by atoms with E-state index in [1.165, 1.54) is 0 Å². The molecule has 0 unspecified atom stereocenters. The number of hydrogen-bond acceptors (Lipinski definition) is 5. The van der Waals surface area contributed by atoms with Gasteiger partial charge in [0.15, 0.2) is 0 Å². The Kier molecular flexibility index (Phi) is 9.29. The van der Waals surface area contributed by atoms with Crippen LogP contribution in [0.4, 0.5) is 5.69 Å². The van der Waals surface area contributed by atoms with Crippen LogP contribution in [0.3, 0.4) is 0 Å². The maximum Gasteiger partial charge on any atom is 0.341 e. The number of ether oxygens (including phenoxy) is 3. The normalized spacial score (nSPS) is 13.1. The molecule has 1 aromatic rings. The van der Waals surface area contributed by atoms with Crippen LogP contribution in [0.25, 0.3) is 0 Å². The van der Waals surface area contributed by atoms with Crippen LogP contribution >= 0.6 is 0 Å². The van der Waals surface area contributed by atoms with Gasteiger partial charge in [-0.3, -0.25) is 4.79 Å². The van der Waals surface area contributed by atoms with Crippen molar-refractivity contribution in [2.45, 2.75) is 60.0 Å². The van der Waals surface area contributed by atoms with E-state index in [1.807, 2.05) is 13.8 Å². The third-order valence-corrected chi connectivity index (χ3v) is 3.94. The second-order valence-corrected chi connectivity index (χ2v) is 7.00. The summed E-state index contributed by atoms with van der Waals surface area (Å²) in [6, 6.07) is 4.95. The highest BCUT2D eigenvalue weighted by Crippen LogP contribution is 2.27. The average Bonchev–Trinajstić information content (AvgIpc) is 2.61. The summed E-state index contributed by atoms with van der Waals surface area (Å²) in [4.78, 5) is 25.1. The molecule has 1 aromatic carbocycles. The largest absolute Gasteiger partial charge is 0.493 e. The molecule has 1 atom stereocenters. The highest BCUT2D eigenvalue weighted by Gasteiger charge is 2.35. The minimum absolute atomic E-state index is 0.233. The van der Waals surface area contributed by atoms with Crippen molar-refractivity contribution in [2.75, 3.05) is 25.1 Å². The van der Waals surface area contributed by atoms with Crippen molar-refractivity contribution in [3.05, 3.63) is 23.8 Å². The minimum atomic E-state index is -0.938. The average molecular weight is 379 g/mol. The molecule has 0 heterocycles. The lowest BCUT2D eigenvalue weighted by molar-refractivity contribution is -0.141. The topological polar surface area (TPSA) is 73.9 Å². The Labute approximate surface area is 162 Å². The molecule has 6 nitrogen and oxygen atoms in total. The van der Waals surface area contributed by atoms with Gasteiger partial charge in [-0.1, -0.05) is 20.8 Å². The van der Waals surface area contributed by atoms with Crippen molar-refractivity contribution >= 4 is 17.6 Å². The van der Waals surface area contributed by atoms with Crippen molar-refractivity contribution < 1.29 is 23.8 Å². The molecule has 0 aliphatic rings. The number of nitrogens with one attached hydrogen (secondary N) is 1. The van der Waals surface area contributed by atoms with Gasteiger partial charge in [-0.05, 0) is 57.7 Å². The summed E-state index contributed by atoms with van der Waals surface area (Å²) in [6.07, 6.45) is 1.43. The number of esters is 1. The van der Waals surface area contributed by atoms with E-state index in [1.54, 1.807) is 32.0 Å². The molecule has 0 saturated heterocycles. The van der Waals surface area contributed by atoms with Gasteiger partial charge < -0.3 is 19.5 Å². The molecule has 6 heteroatoms. The number of hydrogen-bond donors (Lipinski definition) is 1. The van der Waals surface area contributed by atoms with E-state index >= 15 is 0 Å². The van der Waals surface area contributed by atoms with Crippen LogP contribution in [-0.2, 0) is 14.3 Å². The molecule has 0 aliphatic heterocycles. The van der Waals surface area contributed by atoms with E-state index in [-0.39, 0.29) is 18.1 Å². The van der Waals surface area contributed by atoms with E-state index in [2.05, 4.69) is 19.2 Å². The van der Waals surface area contributed by atoms with Crippen LogP contribution in [-0.4, -0.2) is 37.3 Å². The highest BCUT2D eigenvalue weighted by molar-refractivity contribution is 5.99. The van der Waals surface area contributed by atoms with Gasteiger partial charge in [0.2, 0.25) is 0 Å². The molecule has 0 aliphatic carbocycles. The molecule has 152 valence electrons. The highest BCUT2D eigenvalue weighted by atomic mass is 16.5. The summed E-state index contributed by atoms with van der Waals surface area (Å²) in [6.45, 7) is 12.7. The Morgan fingerprint density at radius 2 is 1.85 bits per heavy atom. The van der Waals surface area contributed by atoms with Crippen molar-refractivity contribution in [1.29, 1.82) is 0 Å². The van der Waals surface area contributed by atoms with Crippen LogP contribution in [0, 0.1) is 5.92 Å². The first-order chi connectivity index (χ1) is 12.8. The molecule has 1 N–H and O–H groups in total. The maximum atomic E-state index is 12.9. The molecule has 0 saturated carbocycles. The predicted octanol–water partition coefficient (Wildman–Crippen LogP) is 4.43. The standard InChI is InChI=1S/C21H33NO5/c1-7-12-27-21(6,14-15(4)5)20(24)22-16-10-11-18(25-8-2)17(13-16)19(23)26-9-3/h10-11,13,15H,7-9,12,14H2,1-6H3,(H,22,24)/t21-/m0/s1. The Bertz CT molecular complexity index is 629. The third-order valence-electron chi connectivity index (χ3n) is 3.94. The zero-order chi connectivity index (χ0) is 20.4. The lowest BCUT2D eigenvalue weighted by Gasteiger charge is -2.30. The predicted molar refractivity (Wildman–Crippen MR) is 106 cm³/mol. The molecule has 0 bridgehead atoms. The van der Waals surface area contributed by atoms with Gasteiger partial charge in [-0.15, -0.1) is 0 Å². The first-order valence-corrected chi connectivity index (χ1v) is 9.66. The van der Waals surface area contributed by atoms with E-state index in [9.17, 15) is 9.59 Å². The van der Waals surface area contributed by atoms with Gasteiger partial charge in [0, 0.05) is 12.3 Å². The summed E-state index contributed by atoms with van der Waals surface area (Å²) in [5.74, 6) is 0.0157. The molecule has 1 amide bonds. The minimum Gasteiger partial charge on any atom is -0.493 e. The van der Waals surface area contributed by atoms with Gasteiger partial charge in [0.25, 0.3) is 5.91 Å². The van der Waals surface area contributed by atoms with Crippen molar-refractivity contribution in [1.82, 2.24) is 0 Å². The fourth-order valence-electron chi connectivity index (χ4n) is 2.84. The van der Waals surface area contributed by atoms with Crippen molar-refractivity contribution in [2.24, 2.45) is 5.92 Å². The Balaban J connectivity index is 3.08. The van der Waals surface area contributed by atoms with Crippen molar-refractivity contribution in [3.8, 4) is 5.75 Å². The Morgan fingerprint density at radius 3 is 2.41 bits per heavy atom. The summed E-state index contributed by atoms with van der Waals surface area (Å²) >= 11 is 0. The van der Waals surface area contributed by atoms with Crippen LogP contribution in [0.1, 0.15) is 64.7 Å². The van der Waals surface area contributed by atoms with E-state index < -0.39 is 11.6 Å². The lowest BCUT2D eigenvalue weighted by atomic mass is 9.93. The van der Waals surface area contributed by atoms with Crippen LogP contribution in [0.15, 0.2) is 18.2 Å². The van der Waals surface area contributed by atoms with Gasteiger partial charge in [0.05, 0.1) is 13.2 Å². The maximum absolute atomic E-state index is 12.9. The third kappa shape index (κ3) is 6.86. The first-order valence-electron chi connectivity index (χ1n) is 9.66. The van der Waals surface area contributed by atoms with Crippen molar-refractivity contribution in [3.63, 3.8) is 0 Å². The van der Waals surface area contributed by atoms with Gasteiger partial charge >= 0.3 is 5.97 Å². The summed E-state index contributed by atoms with van der Waals surface area (Å²) < 4.78 is 16.5. The van der Waals surface area contributed by atoms with Gasteiger partial charge in [-0.2, -0.15) is 0 Å². The fourth-order valence-corrected chi connectivity index (χ4v) is 2.84. The number of anilines is 1. The number of carbonyl (C=O) groups is 2. The summed E-state index contributed by atoms with van der Waals surface area (Å²) in [5.41, 5.74) is -0.148. The zero-order valence-corrected chi connectivity index (χ0v) is 17.4. The lowest BCUT2D eigenvalue weighted by Crippen LogP contribution is -2.44. The van der Waals surface area contributed by atoms with Gasteiger partial charge in [-0.25, -0.2) is 4.79 Å². The van der Waals surface area contributed by atoms with Gasteiger partial charge in [0.1, 0.15) is 16.9 Å².